The molecule has 1 aromatic heterocycles. The normalized spacial score (nSPS) is 16.0. The number of aliphatic hydroxyl groups is 1. The zero-order valence-electron chi connectivity index (χ0n) is 26.7. The van der Waals surface area contributed by atoms with Gasteiger partial charge in [-0.05, 0) is 83.6 Å². The van der Waals surface area contributed by atoms with Gasteiger partial charge in [-0.3, -0.25) is 0 Å². The Hall–Kier alpha value is -4.44. The number of hydrogen-bond donors (Lipinski definition) is 2. The summed E-state index contributed by atoms with van der Waals surface area (Å²) in [6, 6.07) is 29.0. The number of ether oxygens (including phenoxy) is 1. The monoisotopic (exact) mass is 714 g/mol. The zero-order valence-corrected chi connectivity index (χ0v) is 29.1. The van der Waals surface area contributed by atoms with Crippen LogP contribution in [0.3, 0.4) is 0 Å². The Bertz CT molecular complexity index is 2090. The SMILES string of the molecule is O=S1(=O)NC(O)=CN1c1ccc(-n2cc(-c3ccc(Cl)cc3Cl)nc2Cc2ccc(-c3cccc(OCCC4CCCCC4)c3)cc2)cc1. The number of imidazole rings is 1. The van der Waals surface area contributed by atoms with Crippen molar-refractivity contribution in [2.45, 2.75) is 44.9 Å². The first-order valence-corrected chi connectivity index (χ1v) is 18.6. The van der Waals surface area contributed by atoms with Crippen molar-refractivity contribution in [1.29, 1.82) is 0 Å². The Kier molecular flexibility index (Phi) is 9.58. The van der Waals surface area contributed by atoms with Crippen LogP contribution in [0.5, 0.6) is 5.75 Å². The lowest BCUT2D eigenvalue weighted by molar-refractivity contribution is 0.246. The van der Waals surface area contributed by atoms with Crippen molar-refractivity contribution in [2.24, 2.45) is 5.92 Å². The molecule has 0 atom stereocenters. The van der Waals surface area contributed by atoms with Crippen molar-refractivity contribution < 1.29 is 18.3 Å². The van der Waals surface area contributed by atoms with Crippen molar-refractivity contribution in [1.82, 2.24) is 14.3 Å². The van der Waals surface area contributed by atoms with E-state index in [0.29, 0.717) is 27.8 Å². The van der Waals surface area contributed by atoms with Crippen LogP contribution < -0.4 is 13.8 Å². The minimum Gasteiger partial charge on any atom is -0.494 e. The van der Waals surface area contributed by atoms with E-state index in [4.69, 9.17) is 32.9 Å². The number of aliphatic hydroxyl groups excluding tert-OH is 1. The third-order valence-corrected chi connectivity index (χ3v) is 11.0. The molecule has 2 N–H and O–H groups in total. The van der Waals surface area contributed by atoms with E-state index >= 15 is 0 Å². The Morgan fingerprint density at radius 1 is 0.878 bits per heavy atom. The summed E-state index contributed by atoms with van der Waals surface area (Å²) in [7, 11) is -3.90. The second-order valence-electron chi connectivity index (χ2n) is 12.5. The molecule has 8 nitrogen and oxygen atoms in total. The number of aromatic nitrogens is 2. The van der Waals surface area contributed by atoms with Crippen molar-refractivity contribution in [3.05, 3.63) is 131 Å². The van der Waals surface area contributed by atoms with Gasteiger partial charge >= 0.3 is 10.2 Å². The summed E-state index contributed by atoms with van der Waals surface area (Å²) in [6.45, 7) is 0.751. The minimum absolute atomic E-state index is 0.372. The van der Waals surface area contributed by atoms with E-state index in [-0.39, 0.29) is 0 Å². The fourth-order valence-corrected chi connectivity index (χ4v) is 8.10. The van der Waals surface area contributed by atoms with Gasteiger partial charge in [0.05, 0.1) is 29.2 Å². The van der Waals surface area contributed by atoms with Crippen molar-refractivity contribution in [2.75, 3.05) is 10.9 Å². The molecule has 4 aromatic carbocycles. The summed E-state index contributed by atoms with van der Waals surface area (Å²) in [4.78, 5) is 4.99. The molecule has 1 aliphatic carbocycles. The van der Waals surface area contributed by atoms with E-state index < -0.39 is 16.1 Å². The van der Waals surface area contributed by atoms with Gasteiger partial charge in [0.2, 0.25) is 5.88 Å². The quantitative estimate of drug-likeness (QED) is 0.150. The highest BCUT2D eigenvalue weighted by atomic mass is 35.5. The summed E-state index contributed by atoms with van der Waals surface area (Å²) in [5, 5.41) is 10.7. The van der Waals surface area contributed by atoms with Gasteiger partial charge in [-0.25, -0.2) is 14.0 Å². The standard InChI is InChI=1S/C38H36Cl2N4O4S/c39-30-13-18-34(35(40)23-30)36-24-43(31-14-16-32(17-15-31)44-25-38(45)42-49(44,46)47)37(41-36)21-27-9-11-28(12-10-27)29-7-4-8-33(22-29)48-20-19-26-5-2-1-3-6-26/h4,7-18,22-26,42,45H,1-3,5-6,19-21H2. The van der Waals surface area contributed by atoms with Gasteiger partial charge in [0.1, 0.15) is 11.6 Å². The Balaban J connectivity index is 1.12. The molecular weight excluding hydrogens is 679 g/mol. The first-order valence-electron chi connectivity index (χ1n) is 16.4. The fraction of sp³-hybridized carbons (Fsp3) is 0.237. The van der Waals surface area contributed by atoms with E-state index in [1.165, 1.54) is 32.1 Å². The van der Waals surface area contributed by atoms with E-state index in [9.17, 15) is 13.5 Å². The van der Waals surface area contributed by atoms with Gasteiger partial charge in [0.15, 0.2) is 0 Å². The van der Waals surface area contributed by atoms with Crippen LogP contribution in [-0.4, -0.2) is 29.7 Å². The number of halogens is 2. The molecule has 1 saturated carbocycles. The van der Waals surface area contributed by atoms with Crippen LogP contribution in [0.1, 0.15) is 49.9 Å². The molecule has 0 spiro atoms. The van der Waals surface area contributed by atoms with Crippen LogP contribution in [0.4, 0.5) is 5.69 Å². The zero-order chi connectivity index (χ0) is 34.0. The van der Waals surface area contributed by atoms with Gasteiger partial charge in [0.25, 0.3) is 0 Å². The highest BCUT2D eigenvalue weighted by molar-refractivity contribution is 7.91. The molecule has 0 radical (unpaired) electrons. The predicted molar refractivity (Wildman–Crippen MR) is 196 cm³/mol. The molecule has 1 aliphatic heterocycles. The summed E-state index contributed by atoms with van der Waals surface area (Å²) in [5.41, 5.74) is 5.83. The molecule has 2 aliphatic rings. The number of anilines is 1. The van der Waals surface area contributed by atoms with Gasteiger partial charge in [-0.1, -0.05) is 91.7 Å². The Morgan fingerprint density at radius 2 is 1.63 bits per heavy atom. The second kappa shape index (κ2) is 14.2. The molecule has 5 aromatic rings. The molecule has 0 unspecified atom stereocenters. The van der Waals surface area contributed by atoms with E-state index in [1.807, 2.05) is 29.0 Å². The largest absolute Gasteiger partial charge is 0.494 e. The van der Waals surface area contributed by atoms with Crippen LogP contribution >= 0.6 is 23.2 Å². The van der Waals surface area contributed by atoms with Gasteiger partial charge in [0, 0.05) is 28.9 Å². The molecule has 1 fully saturated rings. The van der Waals surface area contributed by atoms with Gasteiger partial charge in [-0.15, -0.1) is 0 Å². The molecule has 0 bridgehead atoms. The fourth-order valence-electron chi connectivity index (χ4n) is 6.54. The average Bonchev–Trinajstić information content (AvgIpc) is 3.64. The van der Waals surface area contributed by atoms with Crippen LogP contribution in [0.2, 0.25) is 10.0 Å². The second-order valence-corrected chi connectivity index (χ2v) is 14.9. The third kappa shape index (κ3) is 7.59. The lowest BCUT2D eigenvalue weighted by Crippen LogP contribution is -2.29. The molecule has 11 heteroatoms. The maximum Gasteiger partial charge on any atom is 0.330 e. The highest BCUT2D eigenvalue weighted by Gasteiger charge is 2.28. The topological polar surface area (TPSA) is 96.7 Å². The highest BCUT2D eigenvalue weighted by Crippen LogP contribution is 2.33. The summed E-state index contributed by atoms with van der Waals surface area (Å²) in [6.07, 6.45) is 11.4. The van der Waals surface area contributed by atoms with Crippen molar-refractivity contribution in [3.8, 4) is 33.8 Å². The molecule has 0 saturated heterocycles. The Labute approximate surface area is 296 Å². The number of hydrogen-bond acceptors (Lipinski definition) is 5. The van der Waals surface area contributed by atoms with E-state index in [0.717, 1.165) is 69.0 Å². The van der Waals surface area contributed by atoms with Crippen molar-refractivity contribution >= 4 is 39.1 Å². The van der Waals surface area contributed by atoms with Gasteiger partial charge < -0.3 is 14.4 Å². The molecule has 2 heterocycles. The molecular formula is C38H36Cl2N4O4S. The van der Waals surface area contributed by atoms with Gasteiger partial charge in [-0.2, -0.15) is 8.42 Å². The molecule has 7 rings (SSSR count). The molecule has 49 heavy (non-hydrogen) atoms. The van der Waals surface area contributed by atoms with Crippen molar-refractivity contribution in [3.63, 3.8) is 0 Å². The minimum atomic E-state index is -3.90. The summed E-state index contributed by atoms with van der Waals surface area (Å²) in [5.74, 6) is 2.01. The summed E-state index contributed by atoms with van der Waals surface area (Å²) < 4.78 is 36.0. The maximum atomic E-state index is 12.4. The first-order chi connectivity index (χ1) is 23.7. The number of benzene rings is 4. The lowest BCUT2D eigenvalue weighted by Gasteiger charge is -2.21. The lowest BCUT2D eigenvalue weighted by atomic mass is 9.87. The van der Waals surface area contributed by atoms with E-state index in [2.05, 4.69) is 41.1 Å². The third-order valence-electron chi connectivity index (χ3n) is 9.10. The first kappa shape index (κ1) is 33.1. The Morgan fingerprint density at radius 3 is 2.35 bits per heavy atom. The number of nitrogens with one attached hydrogen (secondary N) is 1. The van der Waals surface area contributed by atoms with Crippen LogP contribution in [0.15, 0.2) is 109 Å². The number of nitrogens with zero attached hydrogens (tertiary/aromatic N) is 3. The average molecular weight is 716 g/mol. The number of rotatable bonds is 10. The molecule has 0 amide bonds. The van der Waals surface area contributed by atoms with Crippen LogP contribution in [-0.2, 0) is 16.6 Å². The van der Waals surface area contributed by atoms with E-state index in [1.54, 1.807) is 36.4 Å². The molecule has 252 valence electrons. The predicted octanol–water partition coefficient (Wildman–Crippen LogP) is 9.46. The smallest absolute Gasteiger partial charge is 0.330 e. The van der Waals surface area contributed by atoms with Crippen LogP contribution in [0, 0.1) is 5.92 Å². The van der Waals surface area contributed by atoms with Crippen LogP contribution in [0.25, 0.3) is 28.1 Å². The maximum absolute atomic E-state index is 12.4. The summed E-state index contributed by atoms with van der Waals surface area (Å²) >= 11 is 12.7.